The molecule has 36 heavy (non-hydrogen) atoms. The molecule has 1 amide bonds. The summed E-state index contributed by atoms with van der Waals surface area (Å²) >= 11 is 0. The summed E-state index contributed by atoms with van der Waals surface area (Å²) in [5.74, 6) is 2.24. The highest BCUT2D eigenvalue weighted by Gasteiger charge is 2.30. The summed E-state index contributed by atoms with van der Waals surface area (Å²) in [7, 11) is 4.84. The monoisotopic (exact) mass is 482 g/mol. The molecular formula is C28H26N4O4. The molecule has 0 fully saturated rings. The van der Waals surface area contributed by atoms with Crippen molar-refractivity contribution in [1.82, 2.24) is 9.78 Å². The van der Waals surface area contributed by atoms with Crippen LogP contribution in [0.1, 0.15) is 27.5 Å². The number of carbonyl (C=O) groups is 1. The van der Waals surface area contributed by atoms with Crippen LogP contribution in [-0.2, 0) is 0 Å². The molecule has 0 aliphatic carbocycles. The zero-order chi connectivity index (χ0) is 25.1. The van der Waals surface area contributed by atoms with Crippen LogP contribution < -0.4 is 24.8 Å². The molecule has 8 heteroatoms. The summed E-state index contributed by atoms with van der Waals surface area (Å²) in [6.07, 6.45) is 3.62. The number of allylic oxidation sites excluding steroid dienone is 1. The van der Waals surface area contributed by atoms with Crippen molar-refractivity contribution in [2.75, 3.05) is 32.0 Å². The van der Waals surface area contributed by atoms with Gasteiger partial charge < -0.3 is 24.8 Å². The van der Waals surface area contributed by atoms with Gasteiger partial charge in [-0.2, -0.15) is 5.10 Å². The van der Waals surface area contributed by atoms with Crippen molar-refractivity contribution < 1.29 is 19.0 Å². The quantitative estimate of drug-likeness (QED) is 0.376. The van der Waals surface area contributed by atoms with Crippen LogP contribution in [0.15, 0.2) is 85.1 Å². The minimum atomic E-state index is -0.370. The van der Waals surface area contributed by atoms with Crippen molar-refractivity contribution in [2.45, 2.75) is 6.04 Å². The number of aromatic nitrogens is 2. The highest BCUT2D eigenvalue weighted by molar-refractivity contribution is 6.08. The molecule has 5 rings (SSSR count). The van der Waals surface area contributed by atoms with E-state index in [0.29, 0.717) is 28.6 Å². The van der Waals surface area contributed by atoms with E-state index >= 15 is 0 Å². The third kappa shape index (κ3) is 4.24. The second-order valence-electron chi connectivity index (χ2n) is 8.14. The van der Waals surface area contributed by atoms with Crippen molar-refractivity contribution >= 4 is 23.1 Å². The predicted octanol–water partition coefficient (Wildman–Crippen LogP) is 5.22. The van der Waals surface area contributed by atoms with Gasteiger partial charge in [-0.15, -0.1) is 0 Å². The summed E-state index contributed by atoms with van der Waals surface area (Å²) in [4.78, 5) is 13.3. The second kappa shape index (κ2) is 9.87. The van der Waals surface area contributed by atoms with Crippen molar-refractivity contribution in [3.63, 3.8) is 0 Å². The average molecular weight is 483 g/mol. The van der Waals surface area contributed by atoms with Gasteiger partial charge in [-0.1, -0.05) is 42.5 Å². The Morgan fingerprint density at radius 1 is 0.944 bits per heavy atom. The number of benzene rings is 3. The van der Waals surface area contributed by atoms with E-state index < -0.39 is 0 Å². The Bertz CT molecular complexity index is 1430. The van der Waals surface area contributed by atoms with Gasteiger partial charge >= 0.3 is 0 Å². The Labute approximate surface area is 209 Å². The molecule has 4 aromatic rings. The molecule has 8 nitrogen and oxygen atoms in total. The Hall–Kier alpha value is -4.72. The molecule has 1 unspecified atom stereocenters. The summed E-state index contributed by atoms with van der Waals surface area (Å²) < 4.78 is 18.5. The highest BCUT2D eigenvalue weighted by Crippen LogP contribution is 2.42. The van der Waals surface area contributed by atoms with E-state index in [1.165, 1.54) is 0 Å². The van der Waals surface area contributed by atoms with Gasteiger partial charge in [0, 0.05) is 22.5 Å². The largest absolute Gasteiger partial charge is 0.497 e. The van der Waals surface area contributed by atoms with Gasteiger partial charge in [0.25, 0.3) is 5.91 Å². The maximum Gasteiger partial charge on any atom is 0.261 e. The van der Waals surface area contributed by atoms with Crippen LogP contribution in [-0.4, -0.2) is 37.0 Å². The number of carbonyl (C=O) groups excluding carboxylic acids is 1. The van der Waals surface area contributed by atoms with Crippen molar-refractivity contribution in [2.24, 2.45) is 0 Å². The Kier molecular flexibility index (Phi) is 6.32. The molecule has 3 aromatic carbocycles. The average Bonchev–Trinajstić information content (AvgIpc) is 3.37. The first-order chi connectivity index (χ1) is 17.6. The SMILES string of the molecule is COc1cccc(C2=CC(c3cccc(OC)c3OC)n3ncc(C(=O)Nc4ccccc4)c3N2)c1. The summed E-state index contributed by atoms with van der Waals surface area (Å²) in [5, 5.41) is 11.0. The Morgan fingerprint density at radius 3 is 2.50 bits per heavy atom. The maximum absolute atomic E-state index is 13.3. The standard InChI is InChI=1S/C28H26N4O4/c1-34-20-12-7-9-18(15-20)23-16-24(21-13-8-14-25(35-2)26(21)36-3)32-27(31-23)22(17-29-32)28(33)30-19-10-5-4-6-11-19/h4-17,24,31H,1-3H3,(H,30,33). The Morgan fingerprint density at radius 2 is 1.75 bits per heavy atom. The first kappa shape index (κ1) is 23.0. The van der Waals surface area contributed by atoms with Gasteiger partial charge in [0.05, 0.1) is 27.5 Å². The fraction of sp³-hybridized carbons (Fsp3) is 0.143. The summed E-state index contributed by atoms with van der Waals surface area (Å²) in [5.41, 5.74) is 3.68. The fourth-order valence-electron chi connectivity index (χ4n) is 4.31. The number of amides is 1. The highest BCUT2D eigenvalue weighted by atomic mass is 16.5. The third-order valence-electron chi connectivity index (χ3n) is 6.05. The third-order valence-corrected chi connectivity index (χ3v) is 6.05. The number of hydrogen-bond donors (Lipinski definition) is 2. The first-order valence-electron chi connectivity index (χ1n) is 11.4. The molecule has 1 atom stereocenters. The number of rotatable bonds is 7. The van der Waals surface area contributed by atoms with E-state index in [-0.39, 0.29) is 11.9 Å². The molecule has 0 radical (unpaired) electrons. The van der Waals surface area contributed by atoms with Crippen LogP contribution in [0.25, 0.3) is 5.70 Å². The molecule has 0 spiro atoms. The minimum Gasteiger partial charge on any atom is -0.497 e. The van der Waals surface area contributed by atoms with Gasteiger partial charge in [0.2, 0.25) is 0 Å². The zero-order valence-corrected chi connectivity index (χ0v) is 20.2. The van der Waals surface area contributed by atoms with Crippen molar-refractivity contribution in [3.05, 3.63) is 102 Å². The molecule has 0 bridgehead atoms. The smallest absolute Gasteiger partial charge is 0.261 e. The van der Waals surface area contributed by atoms with Crippen LogP contribution in [0, 0.1) is 0 Å². The lowest BCUT2D eigenvalue weighted by Crippen LogP contribution is -2.22. The minimum absolute atomic E-state index is 0.266. The molecule has 182 valence electrons. The predicted molar refractivity (Wildman–Crippen MR) is 139 cm³/mol. The molecule has 0 saturated carbocycles. The van der Waals surface area contributed by atoms with Crippen LogP contribution in [0.4, 0.5) is 11.5 Å². The van der Waals surface area contributed by atoms with Gasteiger partial charge in [-0.25, -0.2) is 4.68 Å². The number of para-hydroxylation sites is 2. The topological polar surface area (TPSA) is 86.6 Å². The number of ether oxygens (including phenoxy) is 3. The van der Waals surface area contributed by atoms with Gasteiger partial charge in [-0.3, -0.25) is 4.79 Å². The van der Waals surface area contributed by atoms with Crippen LogP contribution in [0.5, 0.6) is 17.2 Å². The van der Waals surface area contributed by atoms with Gasteiger partial charge in [-0.05, 0) is 36.4 Å². The van der Waals surface area contributed by atoms with Crippen molar-refractivity contribution in [3.8, 4) is 17.2 Å². The van der Waals surface area contributed by atoms with Crippen LogP contribution >= 0.6 is 0 Å². The molecular weight excluding hydrogens is 456 g/mol. The van der Waals surface area contributed by atoms with Gasteiger partial charge in [0.1, 0.15) is 23.2 Å². The maximum atomic E-state index is 13.3. The first-order valence-corrected chi connectivity index (χ1v) is 11.4. The number of methoxy groups -OCH3 is 3. The molecule has 0 saturated heterocycles. The van der Waals surface area contributed by atoms with Crippen LogP contribution in [0.3, 0.4) is 0 Å². The van der Waals surface area contributed by atoms with E-state index in [2.05, 4.69) is 15.7 Å². The van der Waals surface area contributed by atoms with Crippen molar-refractivity contribution in [1.29, 1.82) is 0 Å². The Balaban J connectivity index is 1.63. The lowest BCUT2D eigenvalue weighted by molar-refractivity contribution is 0.102. The van der Waals surface area contributed by atoms with E-state index in [9.17, 15) is 4.79 Å². The lowest BCUT2D eigenvalue weighted by Gasteiger charge is -2.27. The van der Waals surface area contributed by atoms with E-state index in [1.54, 1.807) is 32.2 Å². The molecule has 1 aliphatic heterocycles. The van der Waals surface area contributed by atoms with Gasteiger partial charge in [0.15, 0.2) is 11.5 Å². The molecule has 1 aliphatic rings. The fourth-order valence-corrected chi connectivity index (χ4v) is 4.31. The second-order valence-corrected chi connectivity index (χ2v) is 8.14. The number of nitrogens with zero attached hydrogens (tertiary/aromatic N) is 2. The molecule has 1 aromatic heterocycles. The van der Waals surface area contributed by atoms with Crippen LogP contribution in [0.2, 0.25) is 0 Å². The number of anilines is 2. The van der Waals surface area contributed by atoms with E-state index in [0.717, 1.165) is 22.6 Å². The number of nitrogens with one attached hydrogen (secondary N) is 2. The molecule has 2 heterocycles. The lowest BCUT2D eigenvalue weighted by atomic mass is 9.99. The number of fused-ring (bicyclic) bond motifs is 1. The van der Waals surface area contributed by atoms with E-state index in [1.807, 2.05) is 78.9 Å². The normalized spacial score (nSPS) is 14.2. The summed E-state index contributed by atoms with van der Waals surface area (Å²) in [6.45, 7) is 0. The van der Waals surface area contributed by atoms with E-state index in [4.69, 9.17) is 14.2 Å². The summed E-state index contributed by atoms with van der Waals surface area (Å²) in [6, 6.07) is 22.4. The number of hydrogen-bond acceptors (Lipinski definition) is 6. The zero-order valence-electron chi connectivity index (χ0n) is 20.2. The molecule has 2 N–H and O–H groups in total.